The number of carbonyl (C=O) groups excluding carboxylic acids is 5. The fourth-order valence-electron chi connectivity index (χ4n) is 2.44. The summed E-state index contributed by atoms with van der Waals surface area (Å²) in [5.74, 6) is -19.2. The van der Waals surface area contributed by atoms with E-state index in [1.54, 1.807) is 0 Å². The molecule has 1 aromatic rings. The van der Waals surface area contributed by atoms with Gasteiger partial charge in [0.05, 0.1) is 12.5 Å². The Balaban J connectivity index is 2.90. The summed E-state index contributed by atoms with van der Waals surface area (Å²) in [6.07, 6.45) is -15.6. The van der Waals surface area contributed by atoms with Gasteiger partial charge in [-0.05, 0) is 31.2 Å². The number of amides is 1. The Bertz CT molecular complexity index is 1060. The fraction of sp³-hybridized carbons (Fsp3) is 0.381. The molecule has 0 aromatic heterocycles. The number of halogens is 8. The Hall–Kier alpha value is -3.85. The molecule has 0 saturated carbocycles. The molecule has 204 valence electrons. The first kappa shape index (κ1) is 31.2. The van der Waals surface area contributed by atoms with Gasteiger partial charge in [-0.25, -0.2) is 9.59 Å². The third-order valence-corrected chi connectivity index (χ3v) is 4.31. The highest BCUT2D eigenvalue weighted by atomic mass is 19.4. The van der Waals surface area contributed by atoms with Crippen molar-refractivity contribution < 1.29 is 68.6 Å². The zero-order chi connectivity index (χ0) is 28.8. The predicted octanol–water partition coefficient (Wildman–Crippen LogP) is 3.98. The number of alkyl halides is 8. The van der Waals surface area contributed by atoms with Crippen LogP contribution in [-0.2, 0) is 19.1 Å². The number of hydrogen-bond donors (Lipinski definition) is 1. The Morgan fingerprint density at radius 3 is 1.92 bits per heavy atom. The molecule has 0 bridgehead atoms. The van der Waals surface area contributed by atoms with Crippen LogP contribution in [0.3, 0.4) is 0 Å². The van der Waals surface area contributed by atoms with Gasteiger partial charge in [-0.2, -0.15) is 35.1 Å². The number of carbonyl (C=O) groups is 5. The molecule has 1 rings (SSSR count). The molecule has 0 heterocycles. The lowest BCUT2D eigenvalue weighted by Gasteiger charge is -2.23. The number of benzene rings is 1. The molecular formula is C21H17F8NO7. The molecule has 1 unspecified atom stereocenters. The maximum absolute atomic E-state index is 13.3. The number of hydrogen-bond acceptors (Lipinski definition) is 7. The summed E-state index contributed by atoms with van der Waals surface area (Å²) in [6.45, 7) is 4.31. The largest absolute Gasteiger partial charge is 0.461 e. The molecule has 1 aromatic carbocycles. The lowest BCUT2D eigenvalue weighted by molar-refractivity contribution is -0.270. The van der Waals surface area contributed by atoms with Crippen LogP contribution < -0.4 is 10.1 Å². The molecule has 37 heavy (non-hydrogen) atoms. The number of nitrogens with one attached hydrogen (secondary N) is 1. The summed E-state index contributed by atoms with van der Waals surface area (Å²) >= 11 is 0. The first-order chi connectivity index (χ1) is 16.8. The van der Waals surface area contributed by atoms with Crippen molar-refractivity contribution in [1.82, 2.24) is 5.32 Å². The maximum atomic E-state index is 13.3. The van der Waals surface area contributed by atoms with E-state index in [9.17, 15) is 59.1 Å². The van der Waals surface area contributed by atoms with E-state index in [4.69, 9.17) is 9.47 Å². The molecule has 16 heteroatoms. The summed E-state index contributed by atoms with van der Waals surface area (Å²) in [4.78, 5) is 58.0. The van der Waals surface area contributed by atoms with E-state index in [2.05, 4.69) is 11.9 Å². The highest BCUT2D eigenvalue weighted by Gasteiger charge is 2.66. The van der Waals surface area contributed by atoms with Gasteiger partial charge in [0.25, 0.3) is 0 Å². The van der Waals surface area contributed by atoms with Crippen molar-refractivity contribution in [3.63, 3.8) is 0 Å². The molecule has 0 aliphatic heterocycles. The second-order valence-electron chi connectivity index (χ2n) is 7.24. The maximum Gasteiger partial charge on any atom is 0.461 e. The minimum Gasteiger partial charge on any atom is -0.460 e. The second kappa shape index (κ2) is 11.9. The van der Waals surface area contributed by atoms with Crippen molar-refractivity contribution in [1.29, 1.82) is 0 Å². The van der Waals surface area contributed by atoms with Crippen LogP contribution in [-0.4, -0.2) is 60.8 Å². The molecule has 8 nitrogen and oxygen atoms in total. The van der Waals surface area contributed by atoms with Crippen LogP contribution in [0.25, 0.3) is 0 Å². The lowest BCUT2D eigenvalue weighted by atomic mass is 9.87. The summed E-state index contributed by atoms with van der Waals surface area (Å²) in [6, 6.07) is 3.39. The van der Waals surface area contributed by atoms with Gasteiger partial charge in [-0.1, -0.05) is 6.58 Å². The number of esters is 1. The molecule has 1 N–H and O–H groups in total. The smallest absolute Gasteiger partial charge is 0.460 e. The number of rotatable bonds is 11. The van der Waals surface area contributed by atoms with Gasteiger partial charge in [0.2, 0.25) is 11.6 Å². The first-order valence-corrected chi connectivity index (χ1v) is 9.80. The van der Waals surface area contributed by atoms with E-state index >= 15 is 0 Å². The van der Waals surface area contributed by atoms with Gasteiger partial charge in [0, 0.05) is 17.6 Å². The highest BCUT2D eigenvalue weighted by molar-refractivity contribution is 6.12. The van der Waals surface area contributed by atoms with E-state index in [0.717, 1.165) is 24.3 Å². The average molecular weight is 547 g/mol. The van der Waals surface area contributed by atoms with E-state index in [1.165, 1.54) is 6.92 Å². The lowest BCUT2D eigenvalue weighted by Crippen LogP contribution is -2.51. The number of ketones is 3. The third kappa shape index (κ3) is 8.64. The molecule has 1 amide bonds. The molecule has 0 spiro atoms. The summed E-state index contributed by atoms with van der Waals surface area (Å²) in [5.41, 5.74) is -0.479. The van der Waals surface area contributed by atoms with E-state index in [0.29, 0.717) is 0 Å². The van der Waals surface area contributed by atoms with Crippen LogP contribution in [0.1, 0.15) is 23.7 Å². The topological polar surface area (TPSA) is 116 Å². The zero-order valence-electron chi connectivity index (χ0n) is 18.6. The third-order valence-electron chi connectivity index (χ3n) is 4.31. The molecule has 0 aliphatic rings. The van der Waals surface area contributed by atoms with Gasteiger partial charge >= 0.3 is 30.3 Å². The highest BCUT2D eigenvalue weighted by Crippen LogP contribution is 2.40. The minimum atomic E-state index is -6.61. The Morgan fingerprint density at radius 2 is 1.46 bits per heavy atom. The first-order valence-electron chi connectivity index (χ1n) is 9.80. The van der Waals surface area contributed by atoms with Crippen LogP contribution in [0, 0.1) is 5.92 Å². The van der Waals surface area contributed by atoms with Crippen LogP contribution in [0.4, 0.5) is 39.9 Å². The fourth-order valence-corrected chi connectivity index (χ4v) is 2.44. The Kier molecular flexibility index (Phi) is 10.0. The number of Topliss-reactive ketones (excluding diaryl/α,β-unsaturated/α-hetero) is 3. The van der Waals surface area contributed by atoms with E-state index in [1.807, 2.05) is 0 Å². The molecule has 0 saturated heterocycles. The van der Waals surface area contributed by atoms with Crippen molar-refractivity contribution in [2.24, 2.45) is 5.92 Å². The van der Waals surface area contributed by atoms with E-state index < -0.39 is 65.6 Å². The van der Waals surface area contributed by atoms with Crippen molar-refractivity contribution in [2.45, 2.75) is 31.6 Å². The quantitative estimate of drug-likeness (QED) is 0.111. The average Bonchev–Trinajstić information content (AvgIpc) is 2.78. The summed E-state index contributed by atoms with van der Waals surface area (Å²) in [7, 11) is 0. The normalized spacial score (nSPS) is 12.8. The zero-order valence-corrected chi connectivity index (χ0v) is 18.6. The Labute approximate surface area is 202 Å². The van der Waals surface area contributed by atoms with Crippen molar-refractivity contribution in [3.8, 4) is 5.75 Å². The van der Waals surface area contributed by atoms with Crippen LogP contribution in [0.2, 0.25) is 0 Å². The van der Waals surface area contributed by atoms with Gasteiger partial charge in [-0.3, -0.25) is 14.4 Å². The van der Waals surface area contributed by atoms with E-state index in [-0.39, 0.29) is 24.5 Å². The Morgan fingerprint density at radius 1 is 0.919 bits per heavy atom. The van der Waals surface area contributed by atoms with Crippen LogP contribution in [0.5, 0.6) is 5.75 Å². The molecule has 0 radical (unpaired) electrons. The van der Waals surface area contributed by atoms with Gasteiger partial charge < -0.3 is 14.8 Å². The summed E-state index contributed by atoms with van der Waals surface area (Å²) < 4.78 is 112. The van der Waals surface area contributed by atoms with Crippen molar-refractivity contribution in [3.05, 3.63) is 42.0 Å². The molecular weight excluding hydrogens is 530 g/mol. The second-order valence-corrected chi connectivity index (χ2v) is 7.24. The van der Waals surface area contributed by atoms with Gasteiger partial charge in [-0.15, -0.1) is 0 Å². The van der Waals surface area contributed by atoms with Gasteiger partial charge in [0.1, 0.15) is 12.4 Å². The standard InChI is InChI=1S/C21H17F8NO7/c1-10(2)17(34)36-8-7-30-18(35)37-12-5-3-11(4-6-12)14(31)9-13(16(33)20(24,25)26)15(32)19(22,23)21(27,28)29/h3-6,13H,1,7-9H2,2H3,(H,30,35). The van der Waals surface area contributed by atoms with Crippen LogP contribution in [0.15, 0.2) is 36.4 Å². The predicted molar refractivity (Wildman–Crippen MR) is 106 cm³/mol. The van der Waals surface area contributed by atoms with Crippen molar-refractivity contribution >= 4 is 29.4 Å². The monoisotopic (exact) mass is 547 g/mol. The van der Waals surface area contributed by atoms with Gasteiger partial charge in [0.15, 0.2) is 5.78 Å². The minimum absolute atomic E-state index is 0.115. The van der Waals surface area contributed by atoms with Crippen LogP contribution >= 0.6 is 0 Å². The molecule has 0 fully saturated rings. The number of ether oxygens (including phenoxy) is 2. The van der Waals surface area contributed by atoms with Crippen molar-refractivity contribution in [2.75, 3.05) is 13.2 Å². The molecule has 0 aliphatic carbocycles. The SMILES string of the molecule is C=C(C)C(=O)OCCNC(=O)Oc1ccc(C(=O)CC(C(=O)C(F)(F)F)C(=O)C(F)(F)C(F)(F)F)cc1. The molecule has 1 atom stereocenters. The summed E-state index contributed by atoms with van der Waals surface area (Å²) in [5, 5.41) is 2.17.